The highest BCUT2D eigenvalue weighted by atomic mass is 16.5. The van der Waals surface area contributed by atoms with Gasteiger partial charge in [-0.25, -0.2) is 0 Å². The lowest BCUT2D eigenvalue weighted by molar-refractivity contribution is -0.120. The number of hydrogen-bond donors (Lipinski definition) is 0. The Kier molecular flexibility index (Phi) is 4.80. The fourth-order valence-electron chi connectivity index (χ4n) is 2.53. The Morgan fingerprint density at radius 3 is 2.67 bits per heavy atom. The number of Topliss-reactive ketones (excluding diaryl/α,β-unsaturated/α-hetero) is 1. The normalized spacial score (nSPS) is 16.8. The van der Waals surface area contributed by atoms with Crippen LogP contribution in [-0.4, -0.2) is 12.4 Å². The average molecular weight is 246 g/mol. The topological polar surface area (TPSA) is 26.3 Å². The minimum absolute atomic E-state index is 0.413. The second-order valence-corrected chi connectivity index (χ2v) is 5.05. The van der Waals surface area contributed by atoms with Gasteiger partial charge in [0, 0.05) is 12.8 Å². The molecule has 1 fully saturated rings. The Balaban J connectivity index is 2.04. The third kappa shape index (κ3) is 3.34. The molecule has 18 heavy (non-hydrogen) atoms. The van der Waals surface area contributed by atoms with Gasteiger partial charge in [-0.05, 0) is 36.8 Å². The van der Waals surface area contributed by atoms with Crippen LogP contribution in [0.1, 0.15) is 56.9 Å². The maximum atomic E-state index is 11.3. The summed E-state index contributed by atoms with van der Waals surface area (Å²) in [6, 6.07) is 8.31. The van der Waals surface area contributed by atoms with Crippen LogP contribution < -0.4 is 4.74 Å². The maximum absolute atomic E-state index is 11.3. The first-order valence-electron chi connectivity index (χ1n) is 7.04. The SMILES string of the molecule is CCCCOc1ccccc1C1CCC(=O)CC1. The van der Waals surface area contributed by atoms with Gasteiger partial charge >= 0.3 is 0 Å². The van der Waals surface area contributed by atoms with Crippen LogP contribution in [0.25, 0.3) is 0 Å². The lowest BCUT2D eigenvalue weighted by atomic mass is 9.83. The third-order valence-electron chi connectivity index (χ3n) is 3.66. The minimum atomic E-state index is 0.413. The standard InChI is InChI=1S/C16H22O2/c1-2-3-12-18-16-7-5-4-6-15(16)13-8-10-14(17)11-9-13/h4-7,13H,2-3,8-12H2,1H3. The van der Waals surface area contributed by atoms with Crippen molar-refractivity contribution in [2.24, 2.45) is 0 Å². The van der Waals surface area contributed by atoms with E-state index in [1.165, 1.54) is 5.56 Å². The summed E-state index contributed by atoms with van der Waals surface area (Å²) in [6.45, 7) is 2.96. The largest absolute Gasteiger partial charge is 0.493 e. The van der Waals surface area contributed by atoms with Crippen molar-refractivity contribution < 1.29 is 9.53 Å². The van der Waals surface area contributed by atoms with Crippen LogP contribution >= 0.6 is 0 Å². The van der Waals surface area contributed by atoms with E-state index in [1.54, 1.807) is 0 Å². The van der Waals surface area contributed by atoms with Crippen molar-refractivity contribution >= 4 is 5.78 Å². The molecule has 1 aliphatic rings. The van der Waals surface area contributed by atoms with Crippen LogP contribution in [0, 0.1) is 0 Å². The lowest BCUT2D eigenvalue weighted by Crippen LogP contribution is -2.13. The zero-order valence-electron chi connectivity index (χ0n) is 11.2. The predicted molar refractivity (Wildman–Crippen MR) is 73.1 cm³/mol. The van der Waals surface area contributed by atoms with Crippen LogP contribution in [-0.2, 0) is 4.79 Å². The van der Waals surface area contributed by atoms with Gasteiger partial charge in [-0.15, -0.1) is 0 Å². The zero-order chi connectivity index (χ0) is 12.8. The summed E-state index contributed by atoms with van der Waals surface area (Å²) in [4.78, 5) is 11.3. The van der Waals surface area contributed by atoms with Crippen molar-refractivity contribution in [3.63, 3.8) is 0 Å². The zero-order valence-corrected chi connectivity index (χ0v) is 11.2. The second kappa shape index (κ2) is 6.58. The van der Waals surface area contributed by atoms with Crippen LogP contribution in [0.5, 0.6) is 5.75 Å². The highest BCUT2D eigenvalue weighted by Crippen LogP contribution is 2.36. The van der Waals surface area contributed by atoms with Crippen LogP contribution in [0.4, 0.5) is 0 Å². The van der Waals surface area contributed by atoms with Gasteiger partial charge in [-0.3, -0.25) is 4.79 Å². The highest BCUT2D eigenvalue weighted by Gasteiger charge is 2.22. The molecule has 0 atom stereocenters. The number of carbonyl (C=O) groups is 1. The van der Waals surface area contributed by atoms with Crippen LogP contribution in [0.3, 0.4) is 0 Å². The van der Waals surface area contributed by atoms with E-state index in [1.807, 2.05) is 6.07 Å². The number of unbranched alkanes of at least 4 members (excludes halogenated alkanes) is 1. The second-order valence-electron chi connectivity index (χ2n) is 5.05. The molecule has 98 valence electrons. The number of para-hydroxylation sites is 1. The molecule has 1 aromatic carbocycles. The molecule has 2 heteroatoms. The monoisotopic (exact) mass is 246 g/mol. The number of rotatable bonds is 5. The summed E-state index contributed by atoms with van der Waals surface area (Å²) >= 11 is 0. The number of carbonyl (C=O) groups excluding carboxylic acids is 1. The first-order chi connectivity index (χ1) is 8.81. The van der Waals surface area contributed by atoms with Gasteiger partial charge in [0.1, 0.15) is 11.5 Å². The van der Waals surface area contributed by atoms with E-state index in [-0.39, 0.29) is 0 Å². The lowest BCUT2D eigenvalue weighted by Gasteiger charge is -2.23. The Labute approximate surface area is 109 Å². The number of hydrogen-bond acceptors (Lipinski definition) is 2. The molecule has 0 saturated heterocycles. The number of benzene rings is 1. The van der Waals surface area contributed by atoms with E-state index in [0.29, 0.717) is 11.7 Å². The molecule has 0 heterocycles. The highest BCUT2D eigenvalue weighted by molar-refractivity contribution is 5.79. The van der Waals surface area contributed by atoms with E-state index in [4.69, 9.17) is 4.74 Å². The minimum Gasteiger partial charge on any atom is -0.493 e. The van der Waals surface area contributed by atoms with Crippen molar-refractivity contribution in [3.05, 3.63) is 29.8 Å². The molecule has 0 N–H and O–H groups in total. The van der Waals surface area contributed by atoms with E-state index in [9.17, 15) is 4.79 Å². The number of ether oxygens (including phenoxy) is 1. The molecule has 0 bridgehead atoms. The van der Waals surface area contributed by atoms with Crippen molar-refractivity contribution in [1.29, 1.82) is 0 Å². The Bertz CT molecular complexity index is 388. The molecule has 2 nitrogen and oxygen atoms in total. The van der Waals surface area contributed by atoms with Gasteiger partial charge in [0.05, 0.1) is 6.61 Å². The Morgan fingerprint density at radius 1 is 1.22 bits per heavy atom. The Hall–Kier alpha value is -1.31. The molecular formula is C16H22O2. The summed E-state index contributed by atoms with van der Waals surface area (Å²) in [7, 11) is 0. The molecule has 0 radical (unpaired) electrons. The third-order valence-corrected chi connectivity index (χ3v) is 3.66. The molecule has 0 spiro atoms. The summed E-state index contributed by atoms with van der Waals surface area (Å²) in [6.07, 6.45) is 5.67. The van der Waals surface area contributed by atoms with Crippen LogP contribution in [0.2, 0.25) is 0 Å². The summed E-state index contributed by atoms with van der Waals surface area (Å²) < 4.78 is 5.87. The molecule has 1 saturated carbocycles. The van der Waals surface area contributed by atoms with Crippen molar-refractivity contribution in [2.75, 3.05) is 6.61 Å². The van der Waals surface area contributed by atoms with Gasteiger partial charge in [-0.1, -0.05) is 31.5 Å². The molecule has 2 rings (SSSR count). The van der Waals surface area contributed by atoms with E-state index in [2.05, 4.69) is 25.1 Å². The van der Waals surface area contributed by atoms with Gasteiger partial charge in [-0.2, -0.15) is 0 Å². The molecule has 0 amide bonds. The van der Waals surface area contributed by atoms with Crippen molar-refractivity contribution in [1.82, 2.24) is 0 Å². The summed E-state index contributed by atoms with van der Waals surface area (Å²) in [5, 5.41) is 0. The molecule has 0 aliphatic heterocycles. The molecular weight excluding hydrogens is 224 g/mol. The fraction of sp³-hybridized carbons (Fsp3) is 0.562. The van der Waals surface area contributed by atoms with Crippen molar-refractivity contribution in [3.8, 4) is 5.75 Å². The average Bonchev–Trinajstić information content (AvgIpc) is 2.41. The molecule has 1 aromatic rings. The first-order valence-corrected chi connectivity index (χ1v) is 7.04. The molecule has 0 aromatic heterocycles. The maximum Gasteiger partial charge on any atom is 0.132 e. The van der Waals surface area contributed by atoms with Gasteiger partial charge in [0.2, 0.25) is 0 Å². The molecule has 1 aliphatic carbocycles. The van der Waals surface area contributed by atoms with Gasteiger partial charge < -0.3 is 4.74 Å². The van der Waals surface area contributed by atoms with Gasteiger partial charge in [0.15, 0.2) is 0 Å². The van der Waals surface area contributed by atoms with E-state index in [0.717, 1.165) is 50.9 Å². The number of ketones is 1. The smallest absolute Gasteiger partial charge is 0.132 e. The predicted octanol–water partition coefficient (Wildman–Crippen LogP) is 4.09. The summed E-state index contributed by atoms with van der Waals surface area (Å²) in [5.74, 6) is 1.93. The fourth-order valence-corrected chi connectivity index (χ4v) is 2.53. The Morgan fingerprint density at radius 2 is 1.94 bits per heavy atom. The van der Waals surface area contributed by atoms with E-state index < -0.39 is 0 Å². The van der Waals surface area contributed by atoms with Crippen molar-refractivity contribution in [2.45, 2.75) is 51.4 Å². The quantitative estimate of drug-likeness (QED) is 0.731. The van der Waals surface area contributed by atoms with E-state index >= 15 is 0 Å². The first kappa shape index (κ1) is 13.1. The summed E-state index contributed by atoms with van der Waals surface area (Å²) in [5.41, 5.74) is 1.29. The molecule has 0 unspecified atom stereocenters. The van der Waals surface area contributed by atoms with Gasteiger partial charge in [0.25, 0.3) is 0 Å². The van der Waals surface area contributed by atoms with Crippen LogP contribution in [0.15, 0.2) is 24.3 Å².